The van der Waals surface area contributed by atoms with Crippen molar-refractivity contribution in [2.45, 2.75) is 96.2 Å². The van der Waals surface area contributed by atoms with Crippen LogP contribution >= 0.6 is 0 Å². The predicted octanol–water partition coefficient (Wildman–Crippen LogP) is 5.99. The number of nitrogens with zero attached hydrogens (tertiary/aromatic N) is 1. The summed E-state index contributed by atoms with van der Waals surface area (Å²) >= 11 is 0. The van der Waals surface area contributed by atoms with Gasteiger partial charge < -0.3 is 19.2 Å². The van der Waals surface area contributed by atoms with Crippen molar-refractivity contribution in [3.05, 3.63) is 24.2 Å². The number of rotatable bonds is 5. The SMILES string of the molecule is C[C@]12CC[C@H](OCCN3CCCC3)C[C@H]1CC[C@@H]1[C@@H]2CC[C@@]2(C)[C@H]1CC[C@@]2(O)c1ccoc1. The summed E-state index contributed by atoms with van der Waals surface area (Å²) in [6, 6.07) is 2.00. The quantitative estimate of drug-likeness (QED) is 0.592. The Kier molecular flexibility index (Phi) is 5.74. The summed E-state index contributed by atoms with van der Waals surface area (Å²) in [4.78, 5) is 2.57. The van der Waals surface area contributed by atoms with E-state index in [2.05, 4.69) is 18.7 Å². The number of hydrogen-bond acceptors (Lipinski definition) is 4. The van der Waals surface area contributed by atoms with Gasteiger partial charge in [0, 0.05) is 17.5 Å². The first kappa shape index (κ1) is 22.6. The van der Waals surface area contributed by atoms with Crippen molar-refractivity contribution in [3.63, 3.8) is 0 Å². The molecule has 1 N–H and O–H groups in total. The fourth-order valence-corrected chi connectivity index (χ4v) is 9.71. The average molecular weight is 456 g/mol. The fourth-order valence-electron chi connectivity index (χ4n) is 9.71. The second-order valence-electron chi connectivity index (χ2n) is 12.8. The molecule has 0 spiro atoms. The standard InChI is InChI=1S/C29H45NO3/c1-27-11-7-23(33-18-16-30-14-3-4-15-30)19-21(27)5-6-24-25(27)8-12-28(2)26(24)9-13-29(28,31)22-10-17-32-20-22/h10,17,20-21,23-26,31H,3-9,11-16,18-19H2,1-2H3/t21-,23+,24-,25+,26+,27+,28+,29-/m1/s1. The van der Waals surface area contributed by atoms with E-state index in [-0.39, 0.29) is 5.41 Å². The lowest BCUT2D eigenvalue weighted by Gasteiger charge is -2.61. The first-order valence-corrected chi connectivity index (χ1v) is 14.0. The Bertz CT molecular complexity index is 819. The van der Waals surface area contributed by atoms with Crippen LogP contribution in [-0.4, -0.2) is 42.4 Å². The smallest absolute Gasteiger partial charge is 0.0983 e. The van der Waals surface area contributed by atoms with E-state index in [1.807, 2.05) is 6.07 Å². The minimum absolute atomic E-state index is 0.0167. The average Bonchev–Trinajstić information content (AvgIpc) is 3.56. The maximum Gasteiger partial charge on any atom is 0.0983 e. The number of hydrogen-bond donors (Lipinski definition) is 1. The normalized spacial score (nSPS) is 47.8. The molecule has 4 nitrogen and oxygen atoms in total. The lowest BCUT2D eigenvalue weighted by Crippen LogP contribution is -2.56. The molecule has 0 bridgehead atoms. The van der Waals surface area contributed by atoms with E-state index in [0.29, 0.717) is 17.4 Å². The summed E-state index contributed by atoms with van der Waals surface area (Å²) in [5, 5.41) is 11.9. The van der Waals surface area contributed by atoms with E-state index in [4.69, 9.17) is 9.15 Å². The van der Waals surface area contributed by atoms with Gasteiger partial charge in [0.25, 0.3) is 0 Å². The molecule has 1 saturated heterocycles. The molecule has 0 radical (unpaired) electrons. The summed E-state index contributed by atoms with van der Waals surface area (Å²) in [6.07, 6.45) is 17.8. The van der Waals surface area contributed by atoms with Gasteiger partial charge in [-0.2, -0.15) is 0 Å². The molecule has 0 unspecified atom stereocenters. The van der Waals surface area contributed by atoms with E-state index >= 15 is 0 Å². The van der Waals surface area contributed by atoms with Gasteiger partial charge in [0.2, 0.25) is 0 Å². The minimum Gasteiger partial charge on any atom is -0.472 e. The number of furan rings is 1. The summed E-state index contributed by atoms with van der Waals surface area (Å²) in [5.41, 5.74) is 0.748. The van der Waals surface area contributed by atoms with E-state index in [0.717, 1.165) is 49.3 Å². The Labute approximate surface area is 200 Å². The molecule has 1 aliphatic heterocycles. The first-order chi connectivity index (χ1) is 15.9. The van der Waals surface area contributed by atoms with Crippen LogP contribution in [0.5, 0.6) is 0 Å². The van der Waals surface area contributed by atoms with Crippen molar-refractivity contribution in [2.75, 3.05) is 26.2 Å². The van der Waals surface area contributed by atoms with Crippen molar-refractivity contribution in [2.24, 2.45) is 34.5 Å². The van der Waals surface area contributed by atoms with Gasteiger partial charge in [0.1, 0.15) is 0 Å². The fraction of sp³-hybridized carbons (Fsp3) is 0.862. The molecule has 4 aliphatic carbocycles. The van der Waals surface area contributed by atoms with Crippen molar-refractivity contribution in [3.8, 4) is 0 Å². The summed E-state index contributed by atoms with van der Waals surface area (Å²) < 4.78 is 11.8. The zero-order chi connectivity index (χ0) is 22.7. The highest BCUT2D eigenvalue weighted by Crippen LogP contribution is 2.70. The van der Waals surface area contributed by atoms with Gasteiger partial charge in [-0.15, -0.1) is 0 Å². The number of likely N-dealkylation sites (tertiary alicyclic amines) is 1. The van der Waals surface area contributed by atoms with E-state index in [9.17, 15) is 5.11 Å². The monoisotopic (exact) mass is 455 g/mol. The third-order valence-corrected chi connectivity index (χ3v) is 11.7. The van der Waals surface area contributed by atoms with Gasteiger partial charge in [0.05, 0.1) is 30.8 Å². The van der Waals surface area contributed by atoms with Gasteiger partial charge in [0.15, 0.2) is 0 Å². The van der Waals surface area contributed by atoms with Crippen LogP contribution in [0, 0.1) is 34.5 Å². The van der Waals surface area contributed by atoms with Crippen LogP contribution in [0.2, 0.25) is 0 Å². The van der Waals surface area contributed by atoms with Crippen molar-refractivity contribution in [1.82, 2.24) is 4.90 Å². The molecule has 33 heavy (non-hydrogen) atoms. The molecular weight excluding hydrogens is 410 g/mol. The summed E-state index contributed by atoms with van der Waals surface area (Å²) in [5.74, 6) is 3.07. The molecule has 2 heterocycles. The largest absolute Gasteiger partial charge is 0.472 e. The highest BCUT2D eigenvalue weighted by atomic mass is 16.5. The van der Waals surface area contributed by atoms with Crippen molar-refractivity contribution < 1.29 is 14.3 Å². The van der Waals surface area contributed by atoms with Gasteiger partial charge in [-0.1, -0.05) is 13.8 Å². The number of aliphatic hydroxyl groups is 1. The van der Waals surface area contributed by atoms with Crippen molar-refractivity contribution >= 4 is 0 Å². The molecule has 4 heteroatoms. The van der Waals surface area contributed by atoms with Gasteiger partial charge in [-0.05, 0) is 119 Å². The Morgan fingerprint density at radius 1 is 1.03 bits per heavy atom. The van der Waals surface area contributed by atoms with Crippen LogP contribution in [0.1, 0.15) is 90.0 Å². The molecule has 1 aromatic rings. The highest BCUT2D eigenvalue weighted by Gasteiger charge is 2.65. The Morgan fingerprint density at radius 3 is 2.64 bits per heavy atom. The molecule has 1 aromatic heterocycles. The minimum atomic E-state index is -0.714. The second kappa shape index (κ2) is 8.38. The van der Waals surface area contributed by atoms with Crippen LogP contribution in [0.4, 0.5) is 0 Å². The molecule has 8 atom stereocenters. The molecule has 5 fully saturated rings. The van der Waals surface area contributed by atoms with Crippen molar-refractivity contribution in [1.29, 1.82) is 0 Å². The second-order valence-corrected chi connectivity index (χ2v) is 12.8. The summed E-state index contributed by atoms with van der Waals surface area (Å²) in [6.45, 7) is 9.62. The molecule has 184 valence electrons. The first-order valence-electron chi connectivity index (χ1n) is 14.0. The number of fused-ring (bicyclic) bond motifs is 5. The molecule has 5 aliphatic rings. The highest BCUT2D eigenvalue weighted by molar-refractivity contribution is 5.26. The van der Waals surface area contributed by atoms with Crippen LogP contribution < -0.4 is 0 Å². The zero-order valence-corrected chi connectivity index (χ0v) is 20.9. The van der Waals surface area contributed by atoms with Crippen LogP contribution in [0.25, 0.3) is 0 Å². The Morgan fingerprint density at radius 2 is 1.85 bits per heavy atom. The van der Waals surface area contributed by atoms with E-state index in [1.54, 1.807) is 12.5 Å². The molecule has 0 amide bonds. The maximum atomic E-state index is 11.9. The Hall–Kier alpha value is -0.840. The summed E-state index contributed by atoms with van der Waals surface area (Å²) in [7, 11) is 0. The molecule has 0 aromatic carbocycles. The van der Waals surface area contributed by atoms with Crippen LogP contribution in [-0.2, 0) is 10.3 Å². The zero-order valence-electron chi connectivity index (χ0n) is 20.9. The lowest BCUT2D eigenvalue weighted by atomic mass is 9.44. The molecule has 4 saturated carbocycles. The van der Waals surface area contributed by atoms with Crippen LogP contribution in [0.15, 0.2) is 23.0 Å². The third kappa shape index (κ3) is 3.49. The van der Waals surface area contributed by atoms with E-state index in [1.165, 1.54) is 70.9 Å². The molecule has 6 rings (SSSR count). The van der Waals surface area contributed by atoms with E-state index < -0.39 is 5.60 Å². The maximum absolute atomic E-state index is 11.9. The van der Waals surface area contributed by atoms with Gasteiger partial charge in [-0.25, -0.2) is 0 Å². The predicted molar refractivity (Wildman–Crippen MR) is 130 cm³/mol. The number of ether oxygens (including phenoxy) is 1. The molecular formula is C29H45NO3. The van der Waals surface area contributed by atoms with Gasteiger partial charge in [-0.3, -0.25) is 0 Å². The Balaban J connectivity index is 1.12. The van der Waals surface area contributed by atoms with Gasteiger partial charge >= 0.3 is 0 Å². The topological polar surface area (TPSA) is 45.8 Å². The third-order valence-electron chi connectivity index (χ3n) is 11.7. The van der Waals surface area contributed by atoms with Crippen LogP contribution in [0.3, 0.4) is 0 Å². The lowest BCUT2D eigenvalue weighted by molar-refractivity contribution is -0.165.